The fourth-order valence-electron chi connectivity index (χ4n) is 1.40. The molecule has 0 saturated heterocycles. The molecule has 2 rings (SSSR count). The van der Waals surface area contributed by atoms with Crippen molar-refractivity contribution in [3.05, 3.63) is 59.2 Å². The van der Waals surface area contributed by atoms with Crippen molar-refractivity contribution in [2.24, 2.45) is 11.7 Å². The summed E-state index contributed by atoms with van der Waals surface area (Å²) in [6, 6.07) is 11.7. The molecule has 0 aliphatic heterocycles. The van der Waals surface area contributed by atoms with E-state index in [-0.39, 0.29) is 22.5 Å². The number of halogens is 2. The van der Waals surface area contributed by atoms with Gasteiger partial charge in [-0.3, -0.25) is 11.7 Å². The first-order valence-corrected chi connectivity index (χ1v) is 6.98. The Kier molecular flexibility index (Phi) is 10.3. The maximum atomic E-state index is 12.7. The van der Waals surface area contributed by atoms with Crippen molar-refractivity contribution in [1.82, 2.24) is 0 Å². The maximum Gasteiger partial charge on any atom is 0.414 e. The number of carbonyl (C=O) groups is 2. The standard InChI is InChI=1S/2C7H6FN3.C2H2O4/c2*8-6-3-5(4-9)1-2-7(6)11-10;3-1(4)2(5)6/h2*1-3,11H,10H2;(H,3,4)(H,5,6). The minimum absolute atomic E-state index is 0.184. The first-order valence-electron chi connectivity index (χ1n) is 6.98. The van der Waals surface area contributed by atoms with Gasteiger partial charge in [-0.05, 0) is 36.4 Å². The number of nitriles is 2. The van der Waals surface area contributed by atoms with Crippen LogP contribution in [0.25, 0.3) is 0 Å². The minimum Gasteiger partial charge on any atom is -0.473 e. The van der Waals surface area contributed by atoms with Crippen LogP contribution < -0.4 is 22.5 Å². The average Bonchev–Trinajstić information content (AvgIpc) is 2.68. The molecule has 0 aliphatic rings. The van der Waals surface area contributed by atoms with Gasteiger partial charge in [-0.25, -0.2) is 18.4 Å². The van der Waals surface area contributed by atoms with Gasteiger partial charge < -0.3 is 21.1 Å². The molecule has 0 radical (unpaired) electrons. The van der Waals surface area contributed by atoms with E-state index >= 15 is 0 Å². The summed E-state index contributed by atoms with van der Waals surface area (Å²) >= 11 is 0. The number of benzene rings is 2. The van der Waals surface area contributed by atoms with Crippen LogP contribution in [0.5, 0.6) is 0 Å². The summed E-state index contributed by atoms with van der Waals surface area (Å²) in [4.78, 5) is 18.2. The molecule has 8 N–H and O–H groups in total. The minimum atomic E-state index is -1.82. The molecule has 2 aromatic carbocycles. The predicted molar refractivity (Wildman–Crippen MR) is 93.1 cm³/mol. The molecule has 10 nitrogen and oxygen atoms in total. The molecule has 2 aromatic rings. The maximum absolute atomic E-state index is 12.7. The van der Waals surface area contributed by atoms with Crippen LogP contribution in [0.3, 0.4) is 0 Å². The molecule has 28 heavy (non-hydrogen) atoms. The van der Waals surface area contributed by atoms with Crippen molar-refractivity contribution < 1.29 is 28.6 Å². The zero-order valence-corrected chi connectivity index (χ0v) is 14.0. The number of nitrogens with zero attached hydrogens (tertiary/aromatic N) is 2. The van der Waals surface area contributed by atoms with Crippen LogP contribution in [-0.2, 0) is 9.59 Å². The normalized spacial score (nSPS) is 8.50. The molecule has 0 aliphatic carbocycles. The number of hydrogen-bond acceptors (Lipinski definition) is 8. The molecule has 0 fully saturated rings. The van der Waals surface area contributed by atoms with Gasteiger partial charge in [0.05, 0.1) is 34.6 Å². The van der Waals surface area contributed by atoms with Crippen LogP contribution in [0.15, 0.2) is 36.4 Å². The van der Waals surface area contributed by atoms with Crippen LogP contribution in [0.4, 0.5) is 20.2 Å². The molecular formula is C16H14F2N6O4. The molecular weight excluding hydrogens is 378 g/mol. The van der Waals surface area contributed by atoms with E-state index in [1.54, 1.807) is 0 Å². The molecule has 0 heterocycles. The Morgan fingerprint density at radius 3 is 1.32 bits per heavy atom. The number of carboxylic acids is 2. The predicted octanol–water partition coefficient (Wildman–Crippen LogP) is 1.12. The van der Waals surface area contributed by atoms with E-state index < -0.39 is 23.6 Å². The Morgan fingerprint density at radius 2 is 1.14 bits per heavy atom. The fraction of sp³-hybridized carbons (Fsp3) is 0. The topological polar surface area (TPSA) is 198 Å². The van der Waals surface area contributed by atoms with Crippen molar-refractivity contribution in [2.45, 2.75) is 0 Å². The Balaban J connectivity index is 0.000000411. The Bertz CT molecular complexity index is 849. The number of rotatable bonds is 2. The summed E-state index contributed by atoms with van der Waals surface area (Å²) in [7, 11) is 0. The number of hydrogen-bond donors (Lipinski definition) is 6. The van der Waals surface area contributed by atoms with Crippen molar-refractivity contribution >= 4 is 23.3 Å². The summed E-state index contributed by atoms with van der Waals surface area (Å²) in [5.41, 5.74) is 5.25. The SMILES string of the molecule is N#Cc1ccc(NN)c(F)c1.N#Cc1ccc(NN)c(F)c1.O=C(O)C(=O)O. The summed E-state index contributed by atoms with van der Waals surface area (Å²) in [5.74, 6) is 5.25. The van der Waals surface area contributed by atoms with Gasteiger partial charge in [0.15, 0.2) is 0 Å². The monoisotopic (exact) mass is 392 g/mol. The number of hydrazine groups is 2. The van der Waals surface area contributed by atoms with Gasteiger partial charge in [0, 0.05) is 0 Å². The van der Waals surface area contributed by atoms with E-state index in [1.807, 2.05) is 12.1 Å². The number of nitrogen functional groups attached to an aromatic ring is 2. The van der Waals surface area contributed by atoms with Crippen molar-refractivity contribution in [3.8, 4) is 12.1 Å². The largest absolute Gasteiger partial charge is 0.473 e. The van der Waals surface area contributed by atoms with Gasteiger partial charge in [0.1, 0.15) is 11.6 Å². The fourth-order valence-corrected chi connectivity index (χ4v) is 1.40. The van der Waals surface area contributed by atoms with Gasteiger partial charge >= 0.3 is 11.9 Å². The van der Waals surface area contributed by atoms with Gasteiger partial charge in [0.2, 0.25) is 0 Å². The smallest absolute Gasteiger partial charge is 0.414 e. The van der Waals surface area contributed by atoms with E-state index in [0.29, 0.717) is 0 Å². The molecule has 0 unspecified atom stereocenters. The lowest BCUT2D eigenvalue weighted by Gasteiger charge is -1.99. The van der Waals surface area contributed by atoms with Crippen LogP contribution in [0.2, 0.25) is 0 Å². The molecule has 0 amide bonds. The van der Waals surface area contributed by atoms with E-state index in [1.165, 1.54) is 24.3 Å². The molecule has 0 spiro atoms. The summed E-state index contributed by atoms with van der Waals surface area (Å²) in [6.07, 6.45) is 0. The second-order valence-electron chi connectivity index (χ2n) is 4.51. The summed E-state index contributed by atoms with van der Waals surface area (Å²) < 4.78 is 25.5. The second-order valence-corrected chi connectivity index (χ2v) is 4.51. The highest BCUT2D eigenvalue weighted by Gasteiger charge is 2.04. The summed E-state index contributed by atoms with van der Waals surface area (Å²) in [6.45, 7) is 0. The van der Waals surface area contributed by atoms with Gasteiger partial charge in [-0.15, -0.1) is 0 Å². The Labute approximate surface area is 157 Å². The van der Waals surface area contributed by atoms with Crippen LogP contribution in [-0.4, -0.2) is 22.2 Å². The quantitative estimate of drug-likeness (QED) is 0.244. The highest BCUT2D eigenvalue weighted by atomic mass is 19.1. The molecule has 12 heteroatoms. The van der Waals surface area contributed by atoms with E-state index in [0.717, 1.165) is 12.1 Å². The first kappa shape index (κ1) is 23.7. The Hall–Kier alpha value is -4.26. The van der Waals surface area contributed by atoms with Crippen LogP contribution >= 0.6 is 0 Å². The third-order valence-electron chi connectivity index (χ3n) is 2.69. The number of nitrogens with one attached hydrogen (secondary N) is 2. The highest BCUT2D eigenvalue weighted by molar-refractivity contribution is 6.27. The van der Waals surface area contributed by atoms with Gasteiger partial charge in [0.25, 0.3) is 0 Å². The third-order valence-corrected chi connectivity index (χ3v) is 2.69. The van der Waals surface area contributed by atoms with Gasteiger partial charge in [-0.1, -0.05) is 0 Å². The lowest BCUT2D eigenvalue weighted by atomic mass is 10.2. The zero-order valence-electron chi connectivity index (χ0n) is 14.0. The van der Waals surface area contributed by atoms with Crippen molar-refractivity contribution in [1.29, 1.82) is 10.5 Å². The third kappa shape index (κ3) is 8.21. The number of aliphatic carboxylic acids is 2. The molecule has 146 valence electrons. The number of carboxylic acid groups (broad SMARTS) is 2. The van der Waals surface area contributed by atoms with E-state index in [9.17, 15) is 8.78 Å². The Morgan fingerprint density at radius 1 is 0.821 bits per heavy atom. The zero-order chi connectivity index (χ0) is 21.7. The molecule has 0 bridgehead atoms. The molecule has 0 atom stereocenters. The van der Waals surface area contributed by atoms with Crippen molar-refractivity contribution in [2.75, 3.05) is 10.9 Å². The van der Waals surface area contributed by atoms with Crippen LogP contribution in [0, 0.1) is 34.3 Å². The van der Waals surface area contributed by atoms with E-state index in [4.69, 9.17) is 42.0 Å². The van der Waals surface area contributed by atoms with Gasteiger partial charge in [-0.2, -0.15) is 10.5 Å². The molecule has 0 aromatic heterocycles. The van der Waals surface area contributed by atoms with E-state index in [2.05, 4.69) is 10.9 Å². The second kappa shape index (κ2) is 12.2. The average molecular weight is 392 g/mol. The molecule has 0 saturated carbocycles. The lowest BCUT2D eigenvalue weighted by molar-refractivity contribution is -0.159. The van der Waals surface area contributed by atoms with Crippen LogP contribution in [0.1, 0.15) is 11.1 Å². The number of anilines is 2. The lowest BCUT2D eigenvalue weighted by Crippen LogP contribution is -2.09. The summed E-state index contributed by atoms with van der Waals surface area (Å²) in [5, 5.41) is 31.5. The number of nitrogens with two attached hydrogens (primary N) is 2. The van der Waals surface area contributed by atoms with Crippen molar-refractivity contribution in [3.63, 3.8) is 0 Å². The highest BCUT2D eigenvalue weighted by Crippen LogP contribution is 2.14. The first-order chi connectivity index (χ1) is 13.2.